The molecule has 0 atom stereocenters. The van der Waals surface area contributed by atoms with Crippen LogP contribution in [0.3, 0.4) is 0 Å². The number of carbonyl (C=O) groups is 1. The Balaban J connectivity index is 1.62. The Hall–Kier alpha value is -2.89. The van der Waals surface area contributed by atoms with Gasteiger partial charge >= 0.3 is 5.97 Å². The van der Waals surface area contributed by atoms with Crippen LogP contribution >= 0.6 is 0 Å². The first-order valence-corrected chi connectivity index (χ1v) is 6.58. The van der Waals surface area contributed by atoms with Gasteiger partial charge in [0, 0.05) is 12.2 Å². The second kappa shape index (κ2) is 5.62. The van der Waals surface area contributed by atoms with Gasteiger partial charge in [0.05, 0.1) is 12.7 Å². The predicted molar refractivity (Wildman–Crippen MR) is 79.4 cm³/mol. The second-order valence-corrected chi connectivity index (χ2v) is 4.66. The van der Waals surface area contributed by atoms with Gasteiger partial charge in [0.1, 0.15) is 0 Å². The van der Waals surface area contributed by atoms with Gasteiger partial charge < -0.3 is 10.4 Å². The molecule has 2 aromatic carbocycles. The van der Waals surface area contributed by atoms with Crippen molar-refractivity contribution in [2.75, 3.05) is 11.9 Å². The maximum absolute atomic E-state index is 10.7. The number of aromatic nitrogens is 3. The molecule has 6 heteroatoms. The van der Waals surface area contributed by atoms with Crippen molar-refractivity contribution >= 4 is 22.4 Å². The third-order valence-electron chi connectivity index (χ3n) is 3.18. The lowest BCUT2D eigenvalue weighted by Gasteiger charge is -2.07. The minimum Gasteiger partial charge on any atom is -0.476 e. The average molecular weight is 282 g/mol. The number of carboxylic acid groups (broad SMARTS) is 1. The van der Waals surface area contributed by atoms with Gasteiger partial charge in [0.15, 0.2) is 5.69 Å². The summed E-state index contributed by atoms with van der Waals surface area (Å²) in [4.78, 5) is 10.7. The summed E-state index contributed by atoms with van der Waals surface area (Å²) in [6, 6.07) is 14.3. The number of rotatable bonds is 5. The Bertz CT molecular complexity index is 782. The Kier molecular flexibility index (Phi) is 3.51. The zero-order valence-electron chi connectivity index (χ0n) is 11.2. The first-order chi connectivity index (χ1) is 10.2. The monoisotopic (exact) mass is 282 g/mol. The lowest BCUT2D eigenvalue weighted by molar-refractivity contribution is 0.0690. The summed E-state index contributed by atoms with van der Waals surface area (Å²) in [5.74, 6) is -1.07. The molecule has 3 rings (SSSR count). The smallest absolute Gasteiger partial charge is 0.358 e. The van der Waals surface area contributed by atoms with E-state index in [0.29, 0.717) is 13.1 Å². The first kappa shape index (κ1) is 13.1. The fourth-order valence-electron chi connectivity index (χ4n) is 2.12. The maximum Gasteiger partial charge on any atom is 0.358 e. The van der Waals surface area contributed by atoms with Crippen molar-refractivity contribution in [2.24, 2.45) is 0 Å². The molecular formula is C15H14N4O2. The SMILES string of the molecule is O=C(O)c1cn(CCNc2ccc3ccccc3c2)nn1. The summed E-state index contributed by atoms with van der Waals surface area (Å²) in [7, 11) is 0. The highest BCUT2D eigenvalue weighted by Gasteiger charge is 2.07. The number of hydrogen-bond donors (Lipinski definition) is 2. The molecule has 0 unspecified atom stereocenters. The van der Waals surface area contributed by atoms with E-state index in [4.69, 9.17) is 5.11 Å². The van der Waals surface area contributed by atoms with Crippen LogP contribution in [0.25, 0.3) is 10.8 Å². The molecule has 6 nitrogen and oxygen atoms in total. The molecule has 0 amide bonds. The van der Waals surface area contributed by atoms with Crippen molar-refractivity contribution < 1.29 is 9.90 Å². The van der Waals surface area contributed by atoms with Crippen LogP contribution in [0.2, 0.25) is 0 Å². The van der Waals surface area contributed by atoms with Crippen LogP contribution in [0.15, 0.2) is 48.7 Å². The lowest BCUT2D eigenvalue weighted by atomic mass is 10.1. The minimum absolute atomic E-state index is 0.0410. The van der Waals surface area contributed by atoms with Crippen LogP contribution < -0.4 is 5.32 Å². The third-order valence-corrected chi connectivity index (χ3v) is 3.18. The van der Waals surface area contributed by atoms with Crippen molar-refractivity contribution in [3.8, 4) is 0 Å². The van der Waals surface area contributed by atoms with Gasteiger partial charge in [-0.05, 0) is 22.9 Å². The average Bonchev–Trinajstić information content (AvgIpc) is 2.96. The normalized spacial score (nSPS) is 10.7. The molecule has 0 aliphatic rings. The van der Waals surface area contributed by atoms with E-state index < -0.39 is 5.97 Å². The number of nitrogens with zero attached hydrogens (tertiary/aromatic N) is 3. The van der Waals surface area contributed by atoms with Crippen LogP contribution in [0.4, 0.5) is 5.69 Å². The zero-order valence-corrected chi connectivity index (χ0v) is 11.2. The van der Waals surface area contributed by atoms with Crippen molar-refractivity contribution in [1.82, 2.24) is 15.0 Å². The zero-order chi connectivity index (χ0) is 14.7. The standard InChI is InChI=1S/C15H14N4O2/c20-15(21)14-10-19(18-17-14)8-7-16-13-6-5-11-3-1-2-4-12(11)9-13/h1-6,9-10,16H,7-8H2,(H,20,21). The molecule has 0 fully saturated rings. The number of aromatic carboxylic acids is 1. The molecule has 0 radical (unpaired) electrons. The summed E-state index contributed by atoms with van der Waals surface area (Å²) in [6.45, 7) is 1.19. The van der Waals surface area contributed by atoms with Gasteiger partial charge in [0.25, 0.3) is 0 Å². The number of anilines is 1. The number of hydrogen-bond acceptors (Lipinski definition) is 4. The fraction of sp³-hybridized carbons (Fsp3) is 0.133. The van der Waals surface area contributed by atoms with Crippen molar-refractivity contribution in [3.63, 3.8) is 0 Å². The maximum atomic E-state index is 10.7. The highest BCUT2D eigenvalue weighted by atomic mass is 16.4. The van der Waals surface area contributed by atoms with Crippen LogP contribution in [0.1, 0.15) is 10.5 Å². The highest BCUT2D eigenvalue weighted by Crippen LogP contribution is 2.18. The quantitative estimate of drug-likeness (QED) is 0.750. The molecule has 1 heterocycles. The van der Waals surface area contributed by atoms with Crippen molar-refractivity contribution in [1.29, 1.82) is 0 Å². The summed E-state index contributed by atoms with van der Waals surface area (Å²) in [6.07, 6.45) is 1.42. The van der Waals surface area contributed by atoms with E-state index >= 15 is 0 Å². The number of nitrogens with one attached hydrogen (secondary N) is 1. The summed E-state index contributed by atoms with van der Waals surface area (Å²) < 4.78 is 1.51. The van der Waals surface area contributed by atoms with Crippen molar-refractivity contribution in [2.45, 2.75) is 6.54 Å². The molecule has 0 saturated heterocycles. The third kappa shape index (κ3) is 3.00. The molecule has 0 spiro atoms. The number of carboxylic acids is 1. The summed E-state index contributed by atoms with van der Waals surface area (Å²) >= 11 is 0. The van der Waals surface area contributed by atoms with E-state index in [1.807, 2.05) is 18.2 Å². The predicted octanol–water partition coefficient (Wildman–Crippen LogP) is 2.24. The molecular weight excluding hydrogens is 268 g/mol. The van der Waals surface area contributed by atoms with Gasteiger partial charge in [-0.1, -0.05) is 35.5 Å². The Labute approximate surface area is 121 Å². The van der Waals surface area contributed by atoms with E-state index in [1.54, 1.807) is 0 Å². The summed E-state index contributed by atoms with van der Waals surface area (Å²) in [5.41, 5.74) is 0.980. The number of fused-ring (bicyclic) bond motifs is 1. The van der Waals surface area contributed by atoms with Crippen LogP contribution in [0.5, 0.6) is 0 Å². The van der Waals surface area contributed by atoms with Gasteiger partial charge in [-0.15, -0.1) is 5.10 Å². The molecule has 3 aromatic rings. The molecule has 0 aliphatic carbocycles. The van der Waals surface area contributed by atoms with E-state index in [2.05, 4.69) is 39.9 Å². The fourth-order valence-corrected chi connectivity index (χ4v) is 2.12. The first-order valence-electron chi connectivity index (χ1n) is 6.58. The van der Waals surface area contributed by atoms with Gasteiger partial charge in [-0.3, -0.25) is 0 Å². The molecule has 0 bridgehead atoms. The molecule has 106 valence electrons. The Morgan fingerprint density at radius 1 is 1.19 bits per heavy atom. The van der Waals surface area contributed by atoms with E-state index in [1.165, 1.54) is 21.7 Å². The van der Waals surface area contributed by atoms with Crippen LogP contribution in [-0.2, 0) is 6.54 Å². The molecule has 2 N–H and O–H groups in total. The number of benzene rings is 2. The van der Waals surface area contributed by atoms with E-state index in [9.17, 15) is 4.79 Å². The summed E-state index contributed by atoms with van der Waals surface area (Å²) in [5, 5.41) is 21.8. The second-order valence-electron chi connectivity index (χ2n) is 4.66. The molecule has 0 aliphatic heterocycles. The topological polar surface area (TPSA) is 80.0 Å². The van der Waals surface area contributed by atoms with Gasteiger partial charge in [0.2, 0.25) is 0 Å². The minimum atomic E-state index is -1.07. The lowest BCUT2D eigenvalue weighted by Crippen LogP contribution is -2.11. The van der Waals surface area contributed by atoms with Crippen molar-refractivity contribution in [3.05, 3.63) is 54.4 Å². The van der Waals surface area contributed by atoms with Crippen LogP contribution in [-0.4, -0.2) is 32.6 Å². The Morgan fingerprint density at radius 2 is 2.00 bits per heavy atom. The largest absolute Gasteiger partial charge is 0.476 e. The molecule has 1 aromatic heterocycles. The molecule has 21 heavy (non-hydrogen) atoms. The van der Waals surface area contributed by atoms with E-state index in [0.717, 1.165) is 5.69 Å². The van der Waals surface area contributed by atoms with Gasteiger partial charge in [-0.25, -0.2) is 9.48 Å². The highest BCUT2D eigenvalue weighted by molar-refractivity contribution is 5.85. The Morgan fingerprint density at radius 3 is 2.76 bits per heavy atom. The van der Waals surface area contributed by atoms with Gasteiger partial charge in [-0.2, -0.15) is 0 Å². The molecule has 0 saturated carbocycles. The van der Waals surface area contributed by atoms with Crippen LogP contribution in [0, 0.1) is 0 Å². The van der Waals surface area contributed by atoms with E-state index in [-0.39, 0.29) is 5.69 Å².